The molecule has 0 unspecified atom stereocenters. The van der Waals surface area contributed by atoms with Crippen molar-refractivity contribution in [2.45, 2.75) is 59.3 Å². The molecule has 0 bridgehead atoms. The average molecular weight is 457 g/mol. The molecule has 4 rings (SSSR count). The second-order valence-electron chi connectivity index (χ2n) is 11.2. The third-order valence-electron chi connectivity index (χ3n) is 6.58. The zero-order valence-corrected chi connectivity index (χ0v) is 21.0. The highest BCUT2D eigenvalue weighted by atomic mass is 19.1. The third-order valence-corrected chi connectivity index (χ3v) is 6.58. The fraction of sp³-hybridized carbons (Fsp3) is 0.290. The molecule has 0 radical (unpaired) electrons. The lowest BCUT2D eigenvalue weighted by molar-refractivity contribution is 0.423. The molecule has 0 aromatic heterocycles. The van der Waals surface area contributed by atoms with Crippen molar-refractivity contribution < 1.29 is 14.6 Å². The van der Waals surface area contributed by atoms with Gasteiger partial charge in [-0.2, -0.15) is 0 Å². The van der Waals surface area contributed by atoms with E-state index in [-0.39, 0.29) is 28.1 Å². The molecule has 0 saturated heterocycles. The van der Waals surface area contributed by atoms with E-state index in [2.05, 4.69) is 41.5 Å². The molecule has 0 aliphatic rings. The van der Waals surface area contributed by atoms with Gasteiger partial charge in [0, 0.05) is 16.7 Å². The lowest BCUT2D eigenvalue weighted by atomic mass is 9.77. The Morgan fingerprint density at radius 2 is 1.24 bits per heavy atom. The van der Waals surface area contributed by atoms with Crippen LogP contribution in [0.1, 0.15) is 58.2 Å². The van der Waals surface area contributed by atoms with E-state index in [0.717, 1.165) is 38.6 Å². The minimum Gasteiger partial charge on any atom is -0.507 e. The Bertz CT molecular complexity index is 1370. The van der Waals surface area contributed by atoms with Crippen LogP contribution in [0.3, 0.4) is 0 Å². The van der Waals surface area contributed by atoms with Crippen molar-refractivity contribution >= 4 is 10.8 Å². The van der Waals surface area contributed by atoms with Crippen LogP contribution >= 0.6 is 0 Å². The second-order valence-corrected chi connectivity index (χ2v) is 11.2. The average Bonchev–Trinajstić information content (AvgIpc) is 2.75. The number of rotatable bonds is 2. The molecule has 0 saturated carbocycles. The van der Waals surface area contributed by atoms with Crippen LogP contribution in [0.5, 0.6) is 11.5 Å². The maximum atomic E-state index is 14.6. The number of hydrogen-bond donors (Lipinski definition) is 2. The van der Waals surface area contributed by atoms with Crippen LogP contribution in [0.4, 0.5) is 4.39 Å². The van der Waals surface area contributed by atoms with E-state index in [1.165, 1.54) is 12.1 Å². The van der Waals surface area contributed by atoms with E-state index in [0.29, 0.717) is 11.1 Å². The Hall–Kier alpha value is -3.33. The van der Waals surface area contributed by atoms with Crippen molar-refractivity contribution in [2.24, 2.45) is 0 Å². The normalized spacial score (nSPS) is 12.4. The highest BCUT2D eigenvalue weighted by Gasteiger charge is 2.27. The van der Waals surface area contributed by atoms with Crippen molar-refractivity contribution in [2.75, 3.05) is 0 Å². The summed E-state index contributed by atoms with van der Waals surface area (Å²) in [4.78, 5) is 0. The van der Waals surface area contributed by atoms with Gasteiger partial charge >= 0.3 is 0 Å². The predicted octanol–water partition coefficient (Wildman–Crippen LogP) is 8.63. The molecule has 2 N–H and O–H groups in total. The first-order chi connectivity index (χ1) is 15.8. The summed E-state index contributed by atoms with van der Waals surface area (Å²) in [7, 11) is 0. The smallest absolute Gasteiger partial charge is 0.126 e. The van der Waals surface area contributed by atoms with Gasteiger partial charge in [0.15, 0.2) is 0 Å². The molecule has 3 heteroatoms. The monoisotopic (exact) mass is 456 g/mol. The van der Waals surface area contributed by atoms with Gasteiger partial charge in [0.2, 0.25) is 0 Å². The maximum absolute atomic E-state index is 14.6. The van der Waals surface area contributed by atoms with Crippen LogP contribution in [0.25, 0.3) is 33.0 Å². The zero-order valence-electron chi connectivity index (χ0n) is 21.0. The SMILES string of the molecule is Cc1c(O)c(-c2ccc(F)cc2-c2cc(C(C)(C)C)c(O)c(C(C)(C)C)c2)cc2ccccc12. The van der Waals surface area contributed by atoms with Crippen molar-refractivity contribution in [3.8, 4) is 33.8 Å². The molecule has 0 aliphatic heterocycles. The Labute approximate surface area is 201 Å². The first-order valence-electron chi connectivity index (χ1n) is 11.7. The molecule has 34 heavy (non-hydrogen) atoms. The number of fused-ring (bicyclic) bond motifs is 1. The van der Waals surface area contributed by atoms with Crippen molar-refractivity contribution in [1.29, 1.82) is 0 Å². The van der Waals surface area contributed by atoms with Gasteiger partial charge < -0.3 is 10.2 Å². The van der Waals surface area contributed by atoms with Crippen molar-refractivity contribution in [1.82, 2.24) is 0 Å². The van der Waals surface area contributed by atoms with Crippen molar-refractivity contribution in [3.05, 3.63) is 83.2 Å². The Balaban J connectivity index is 2.07. The summed E-state index contributed by atoms with van der Waals surface area (Å²) in [5.41, 5.74) is 4.69. The van der Waals surface area contributed by atoms with E-state index in [4.69, 9.17) is 0 Å². The maximum Gasteiger partial charge on any atom is 0.126 e. The molecule has 0 amide bonds. The third kappa shape index (κ3) is 4.16. The summed E-state index contributed by atoms with van der Waals surface area (Å²) in [6.45, 7) is 14.3. The molecular formula is C31H33FO2. The van der Waals surface area contributed by atoms with Crippen LogP contribution in [0.15, 0.2) is 60.7 Å². The molecule has 0 spiro atoms. The molecule has 176 valence electrons. The minimum absolute atomic E-state index is 0.192. The van der Waals surface area contributed by atoms with Gasteiger partial charge in [0.1, 0.15) is 17.3 Å². The predicted molar refractivity (Wildman–Crippen MR) is 140 cm³/mol. The van der Waals surface area contributed by atoms with Crippen LogP contribution in [-0.4, -0.2) is 10.2 Å². The number of aryl methyl sites for hydroxylation is 1. The Kier molecular flexibility index (Phi) is 5.72. The number of halogens is 1. The number of phenolic OH excluding ortho intramolecular Hbond substituents is 2. The van der Waals surface area contributed by atoms with Crippen LogP contribution in [-0.2, 0) is 10.8 Å². The first-order valence-corrected chi connectivity index (χ1v) is 11.7. The highest BCUT2D eigenvalue weighted by molar-refractivity contribution is 5.97. The Morgan fingerprint density at radius 3 is 1.82 bits per heavy atom. The lowest BCUT2D eigenvalue weighted by Crippen LogP contribution is -2.17. The first kappa shape index (κ1) is 23.8. The van der Waals surface area contributed by atoms with E-state index >= 15 is 0 Å². The standard InChI is InChI=1S/C31H33FO2/c1-18-22-11-9-8-10-19(22)14-25(28(18)33)23-13-12-21(32)17-24(23)20-15-26(30(2,3)4)29(34)27(16-20)31(5,6)7/h8-17,33-34H,1-7H3. The highest BCUT2D eigenvalue weighted by Crippen LogP contribution is 2.46. The fourth-order valence-corrected chi connectivity index (χ4v) is 4.65. The minimum atomic E-state index is -0.349. The molecule has 0 heterocycles. The summed E-state index contributed by atoms with van der Waals surface area (Å²) in [5.74, 6) is 0.127. The van der Waals surface area contributed by atoms with Gasteiger partial charge in [-0.25, -0.2) is 4.39 Å². The van der Waals surface area contributed by atoms with E-state index in [1.807, 2.05) is 49.4 Å². The van der Waals surface area contributed by atoms with E-state index in [1.54, 1.807) is 6.07 Å². The van der Waals surface area contributed by atoms with E-state index < -0.39 is 0 Å². The van der Waals surface area contributed by atoms with Crippen LogP contribution in [0.2, 0.25) is 0 Å². The summed E-state index contributed by atoms with van der Waals surface area (Å²) in [5, 5.41) is 24.3. The zero-order chi connectivity index (χ0) is 25.0. The summed E-state index contributed by atoms with van der Waals surface area (Å²) < 4.78 is 14.6. The molecule has 4 aromatic carbocycles. The quantitative estimate of drug-likeness (QED) is 0.317. The summed E-state index contributed by atoms with van der Waals surface area (Å²) in [6, 6.07) is 18.5. The van der Waals surface area contributed by atoms with Gasteiger partial charge in [-0.3, -0.25) is 0 Å². The Morgan fingerprint density at radius 1 is 0.647 bits per heavy atom. The van der Waals surface area contributed by atoms with Gasteiger partial charge in [-0.15, -0.1) is 0 Å². The lowest BCUT2D eigenvalue weighted by Gasteiger charge is -2.28. The van der Waals surface area contributed by atoms with Gasteiger partial charge in [-0.1, -0.05) is 71.9 Å². The largest absolute Gasteiger partial charge is 0.507 e. The summed E-state index contributed by atoms with van der Waals surface area (Å²) >= 11 is 0. The van der Waals surface area contributed by atoms with Crippen LogP contribution < -0.4 is 0 Å². The molecule has 0 fully saturated rings. The van der Waals surface area contributed by atoms with Crippen molar-refractivity contribution in [3.63, 3.8) is 0 Å². The fourth-order valence-electron chi connectivity index (χ4n) is 4.65. The molecule has 0 aliphatic carbocycles. The van der Waals surface area contributed by atoms with Gasteiger partial charge in [0.25, 0.3) is 0 Å². The number of benzene rings is 4. The number of hydrogen-bond acceptors (Lipinski definition) is 2. The second kappa shape index (κ2) is 8.16. The van der Waals surface area contributed by atoms with E-state index in [9.17, 15) is 14.6 Å². The van der Waals surface area contributed by atoms with Gasteiger partial charge in [0.05, 0.1) is 0 Å². The molecule has 0 atom stereocenters. The summed E-state index contributed by atoms with van der Waals surface area (Å²) in [6.07, 6.45) is 0. The number of phenols is 2. The topological polar surface area (TPSA) is 40.5 Å². The molecular weight excluding hydrogens is 423 g/mol. The van der Waals surface area contributed by atoms with Gasteiger partial charge in [-0.05, 0) is 81.1 Å². The molecule has 2 nitrogen and oxygen atoms in total. The van der Waals surface area contributed by atoms with Crippen LogP contribution in [0, 0.1) is 12.7 Å². The molecule has 4 aromatic rings. The number of aromatic hydroxyl groups is 2.